The van der Waals surface area contributed by atoms with Crippen LogP contribution in [-0.2, 0) is 12.8 Å². The van der Waals surface area contributed by atoms with Crippen molar-refractivity contribution in [2.45, 2.75) is 18.9 Å². The molecule has 4 nitrogen and oxygen atoms in total. The molecule has 6 heteroatoms. The second-order valence-electron chi connectivity index (χ2n) is 8.46. The van der Waals surface area contributed by atoms with E-state index in [9.17, 15) is 10.2 Å². The molecule has 164 valence electrons. The Bertz CT molecular complexity index is 1110. The topological polar surface area (TPSA) is 46.9 Å². The van der Waals surface area contributed by atoms with Crippen molar-refractivity contribution in [3.8, 4) is 33.8 Å². The summed E-state index contributed by atoms with van der Waals surface area (Å²) in [5, 5.41) is 20.9. The van der Waals surface area contributed by atoms with E-state index in [2.05, 4.69) is 53.2 Å². The summed E-state index contributed by atoms with van der Waals surface area (Å²) in [6.45, 7) is 1.03. The molecule has 0 fully saturated rings. The maximum Gasteiger partial charge on any atom is 0.165 e. The molecule has 0 bridgehead atoms. The van der Waals surface area contributed by atoms with E-state index < -0.39 is 0 Å². The van der Waals surface area contributed by atoms with E-state index in [-0.39, 0.29) is 36.3 Å². The fourth-order valence-electron chi connectivity index (χ4n) is 4.87. The first-order valence-corrected chi connectivity index (χ1v) is 10.1. The summed E-state index contributed by atoms with van der Waals surface area (Å²) in [7, 11) is 6.26. The number of anilines is 1. The van der Waals surface area contributed by atoms with Gasteiger partial charge in [0.1, 0.15) is 0 Å². The molecule has 0 amide bonds. The van der Waals surface area contributed by atoms with Crippen molar-refractivity contribution >= 4 is 30.5 Å². The normalized spacial score (nSPS) is 16.4. The van der Waals surface area contributed by atoms with Gasteiger partial charge in [-0.15, -0.1) is 24.8 Å². The molecule has 0 unspecified atom stereocenters. The van der Waals surface area contributed by atoms with Crippen LogP contribution < -0.4 is 4.90 Å². The number of aromatic hydroxyl groups is 2. The third kappa shape index (κ3) is 3.73. The third-order valence-electron chi connectivity index (χ3n) is 6.51. The summed E-state index contributed by atoms with van der Waals surface area (Å²) in [6.07, 6.45) is 1.85. The first-order chi connectivity index (χ1) is 13.9. The van der Waals surface area contributed by atoms with Crippen LogP contribution in [-0.4, -0.2) is 42.8 Å². The third-order valence-corrected chi connectivity index (χ3v) is 6.51. The Morgan fingerprint density at radius 1 is 0.903 bits per heavy atom. The van der Waals surface area contributed by atoms with E-state index in [4.69, 9.17) is 0 Å². The zero-order valence-electron chi connectivity index (χ0n) is 17.9. The van der Waals surface area contributed by atoms with Crippen LogP contribution >= 0.6 is 24.8 Å². The molecule has 0 spiro atoms. The van der Waals surface area contributed by atoms with Gasteiger partial charge in [0.15, 0.2) is 11.5 Å². The van der Waals surface area contributed by atoms with Gasteiger partial charge in [-0.2, -0.15) is 0 Å². The Hall–Kier alpha value is -2.40. The van der Waals surface area contributed by atoms with Crippen molar-refractivity contribution in [3.63, 3.8) is 0 Å². The first kappa shape index (κ1) is 23.3. The maximum absolute atomic E-state index is 10.7. The molecule has 1 atom stereocenters. The van der Waals surface area contributed by atoms with E-state index in [1.807, 2.05) is 20.2 Å². The van der Waals surface area contributed by atoms with E-state index in [0.717, 1.165) is 47.2 Å². The molecule has 1 aliphatic heterocycles. The van der Waals surface area contributed by atoms with Crippen LogP contribution in [0.1, 0.15) is 22.7 Å². The fourth-order valence-corrected chi connectivity index (χ4v) is 4.87. The van der Waals surface area contributed by atoms with Gasteiger partial charge < -0.3 is 15.1 Å². The molecular formula is C25H28Cl2N2O2. The molecule has 0 saturated carbocycles. The van der Waals surface area contributed by atoms with Crippen LogP contribution in [0.3, 0.4) is 0 Å². The molecule has 1 heterocycles. The predicted molar refractivity (Wildman–Crippen MR) is 132 cm³/mol. The van der Waals surface area contributed by atoms with Crippen molar-refractivity contribution in [1.29, 1.82) is 0 Å². The van der Waals surface area contributed by atoms with Crippen molar-refractivity contribution in [2.75, 3.05) is 32.6 Å². The Labute approximate surface area is 196 Å². The number of benzene rings is 3. The standard InChI is InChI=1S/C25H26N2O2.2ClH/c1-26(2)19-7-4-15(5-8-19)18-12-17-10-11-27(3)21-14-16-6-9-22(28)25(29)24(16)20(13-18)23(17)21;;/h4-9,12-13,21,28-29H,10-11,14H2,1-3H3;2*1H/t21-;;/m1../s1. The van der Waals surface area contributed by atoms with Crippen LogP contribution in [0.5, 0.6) is 11.5 Å². The summed E-state index contributed by atoms with van der Waals surface area (Å²) < 4.78 is 0. The van der Waals surface area contributed by atoms with Gasteiger partial charge in [0, 0.05) is 37.9 Å². The molecule has 0 aromatic heterocycles. The number of phenolic OH excluding ortho intramolecular Hbond substituents is 2. The summed E-state index contributed by atoms with van der Waals surface area (Å²) >= 11 is 0. The highest BCUT2D eigenvalue weighted by Gasteiger charge is 2.34. The highest BCUT2D eigenvalue weighted by molar-refractivity contribution is 5.86. The number of fused-ring (bicyclic) bond motifs is 2. The second kappa shape index (κ2) is 8.62. The Balaban J connectivity index is 0.00000136. The first-order valence-electron chi connectivity index (χ1n) is 10.1. The molecule has 2 aliphatic rings. The zero-order valence-corrected chi connectivity index (χ0v) is 19.6. The molecule has 3 aromatic rings. The van der Waals surface area contributed by atoms with Gasteiger partial charge in [-0.1, -0.05) is 24.3 Å². The number of nitrogens with zero attached hydrogens (tertiary/aromatic N) is 2. The lowest BCUT2D eigenvalue weighted by Crippen LogP contribution is -2.35. The number of rotatable bonds is 2. The number of hydrogen-bond donors (Lipinski definition) is 2. The minimum absolute atomic E-state index is 0. The van der Waals surface area contributed by atoms with Crippen LogP contribution in [0.4, 0.5) is 5.69 Å². The molecule has 5 rings (SSSR count). The van der Waals surface area contributed by atoms with E-state index in [0.29, 0.717) is 6.04 Å². The van der Waals surface area contributed by atoms with Crippen molar-refractivity contribution < 1.29 is 10.2 Å². The Morgan fingerprint density at radius 3 is 2.29 bits per heavy atom. The van der Waals surface area contributed by atoms with E-state index in [1.54, 1.807) is 6.07 Å². The van der Waals surface area contributed by atoms with Crippen LogP contribution in [0.15, 0.2) is 48.5 Å². The lowest BCUT2D eigenvalue weighted by molar-refractivity contribution is 0.228. The van der Waals surface area contributed by atoms with Crippen LogP contribution in [0.25, 0.3) is 22.3 Å². The number of phenols is 2. The van der Waals surface area contributed by atoms with Gasteiger partial charge in [0.25, 0.3) is 0 Å². The van der Waals surface area contributed by atoms with Crippen LogP contribution in [0.2, 0.25) is 0 Å². The maximum atomic E-state index is 10.7. The van der Waals surface area contributed by atoms with Gasteiger partial charge in [-0.05, 0) is 77.5 Å². The van der Waals surface area contributed by atoms with Crippen molar-refractivity contribution in [1.82, 2.24) is 4.90 Å². The summed E-state index contributed by atoms with van der Waals surface area (Å²) in [5.41, 5.74) is 9.09. The molecule has 0 radical (unpaired) electrons. The second-order valence-corrected chi connectivity index (χ2v) is 8.46. The summed E-state index contributed by atoms with van der Waals surface area (Å²) in [4.78, 5) is 4.50. The lowest BCUT2D eigenvalue weighted by atomic mass is 9.75. The van der Waals surface area contributed by atoms with Gasteiger partial charge >= 0.3 is 0 Å². The Kier molecular flexibility index (Phi) is 6.47. The minimum atomic E-state index is -0.0548. The summed E-state index contributed by atoms with van der Waals surface area (Å²) in [6, 6.07) is 16.9. The van der Waals surface area contributed by atoms with Gasteiger partial charge in [-0.3, -0.25) is 4.90 Å². The summed E-state index contributed by atoms with van der Waals surface area (Å²) in [5.74, 6) is -0.0580. The largest absolute Gasteiger partial charge is 0.504 e. The minimum Gasteiger partial charge on any atom is -0.504 e. The predicted octanol–water partition coefficient (Wildman–Crippen LogP) is 5.43. The average Bonchev–Trinajstić information content (AvgIpc) is 2.73. The Morgan fingerprint density at radius 2 is 1.61 bits per heavy atom. The quantitative estimate of drug-likeness (QED) is 0.502. The van der Waals surface area contributed by atoms with Gasteiger partial charge in [0.2, 0.25) is 0 Å². The number of likely N-dealkylation sites (N-methyl/N-ethyl adjacent to an activating group) is 1. The smallest absolute Gasteiger partial charge is 0.165 e. The van der Waals surface area contributed by atoms with E-state index >= 15 is 0 Å². The fraction of sp³-hybridized carbons (Fsp3) is 0.280. The molecule has 3 aromatic carbocycles. The monoisotopic (exact) mass is 458 g/mol. The molecular weight excluding hydrogens is 431 g/mol. The highest BCUT2D eigenvalue weighted by atomic mass is 35.5. The van der Waals surface area contributed by atoms with E-state index in [1.165, 1.54) is 16.8 Å². The molecule has 1 aliphatic carbocycles. The van der Waals surface area contributed by atoms with Crippen molar-refractivity contribution in [2.24, 2.45) is 0 Å². The van der Waals surface area contributed by atoms with Crippen molar-refractivity contribution in [3.05, 3.63) is 65.2 Å². The SMILES string of the molecule is CN(C)c1ccc(-c2cc3c4c(c2)-c2c(ccc(O)c2O)C[C@H]4N(C)CC3)cc1.Cl.Cl. The van der Waals surface area contributed by atoms with Gasteiger partial charge in [-0.25, -0.2) is 0 Å². The number of hydrogen-bond acceptors (Lipinski definition) is 4. The number of halogens is 2. The van der Waals surface area contributed by atoms with Gasteiger partial charge in [0.05, 0.1) is 0 Å². The zero-order chi connectivity index (χ0) is 20.3. The molecule has 0 saturated heterocycles. The molecule has 2 N–H and O–H groups in total. The van der Waals surface area contributed by atoms with Crippen LogP contribution in [0, 0.1) is 0 Å². The average molecular weight is 459 g/mol. The molecule has 31 heavy (non-hydrogen) atoms. The highest BCUT2D eigenvalue weighted by Crippen LogP contribution is 2.51. The lowest BCUT2D eigenvalue weighted by Gasteiger charge is -2.40.